The third kappa shape index (κ3) is 6.35. The lowest BCUT2D eigenvalue weighted by Gasteiger charge is -2.23. The van der Waals surface area contributed by atoms with E-state index in [-0.39, 0.29) is 0 Å². The number of Topliss-reactive ketones (excluding diaryl/α,β-unsaturated/α-hetero) is 1. The molecule has 0 radical (unpaired) electrons. The van der Waals surface area contributed by atoms with Crippen LogP contribution in [0.25, 0.3) is 0 Å². The van der Waals surface area contributed by atoms with Gasteiger partial charge in [-0.15, -0.1) is 0 Å². The summed E-state index contributed by atoms with van der Waals surface area (Å²) in [6, 6.07) is 0. The molecule has 0 saturated heterocycles. The van der Waals surface area contributed by atoms with Crippen molar-refractivity contribution in [2.75, 3.05) is 13.6 Å². The van der Waals surface area contributed by atoms with Crippen LogP contribution < -0.4 is 5.32 Å². The summed E-state index contributed by atoms with van der Waals surface area (Å²) < 4.78 is 0. The number of ketones is 1. The summed E-state index contributed by atoms with van der Waals surface area (Å²) in [6.07, 6.45) is 2.86. The molecule has 2 heteroatoms. The fourth-order valence-electron chi connectivity index (χ4n) is 1.10. The molecule has 1 N–H and O–H groups in total. The molecule has 0 saturated carbocycles. The third-order valence-corrected chi connectivity index (χ3v) is 2.21. The lowest BCUT2D eigenvalue weighted by Crippen LogP contribution is -2.20. The molecule has 0 rings (SSSR count). The van der Waals surface area contributed by atoms with E-state index in [1.54, 1.807) is 6.92 Å². The molecular weight excluding hydrogens is 150 g/mol. The van der Waals surface area contributed by atoms with E-state index >= 15 is 0 Å². The first-order valence-electron chi connectivity index (χ1n) is 4.62. The highest BCUT2D eigenvalue weighted by Crippen LogP contribution is 2.25. The Bertz CT molecular complexity index is 141. The van der Waals surface area contributed by atoms with Crippen LogP contribution in [0, 0.1) is 5.41 Å². The van der Waals surface area contributed by atoms with Gasteiger partial charge in [0, 0.05) is 6.42 Å². The van der Waals surface area contributed by atoms with Crippen molar-refractivity contribution < 1.29 is 4.79 Å². The van der Waals surface area contributed by atoms with E-state index in [0.29, 0.717) is 11.2 Å². The normalized spacial score (nSPS) is 11.7. The van der Waals surface area contributed by atoms with Crippen molar-refractivity contribution in [3.63, 3.8) is 0 Å². The number of nitrogens with one attached hydrogen (secondary N) is 1. The first-order chi connectivity index (χ1) is 5.48. The molecule has 0 heterocycles. The molecule has 0 atom stereocenters. The molecular formula is C10H21NO. The molecule has 12 heavy (non-hydrogen) atoms. The number of carbonyl (C=O) groups excluding carboxylic acids is 1. The number of hydrogen-bond acceptors (Lipinski definition) is 2. The van der Waals surface area contributed by atoms with Crippen LogP contribution in [0.3, 0.4) is 0 Å². The van der Waals surface area contributed by atoms with Crippen LogP contribution in [0.5, 0.6) is 0 Å². The van der Waals surface area contributed by atoms with Crippen LogP contribution in [0.2, 0.25) is 0 Å². The summed E-state index contributed by atoms with van der Waals surface area (Å²) in [4.78, 5) is 10.7. The van der Waals surface area contributed by atoms with Gasteiger partial charge in [-0.25, -0.2) is 0 Å². The van der Waals surface area contributed by atoms with E-state index in [0.717, 1.165) is 25.8 Å². The van der Waals surface area contributed by atoms with E-state index in [1.807, 2.05) is 7.05 Å². The third-order valence-electron chi connectivity index (χ3n) is 2.21. The van der Waals surface area contributed by atoms with E-state index in [2.05, 4.69) is 19.2 Å². The summed E-state index contributed by atoms with van der Waals surface area (Å²) in [5.41, 5.74) is 0.300. The van der Waals surface area contributed by atoms with Gasteiger partial charge in [-0.05, 0) is 38.8 Å². The van der Waals surface area contributed by atoms with Gasteiger partial charge in [0.1, 0.15) is 5.78 Å². The van der Waals surface area contributed by atoms with Crippen molar-refractivity contribution in [3.8, 4) is 0 Å². The lowest BCUT2D eigenvalue weighted by molar-refractivity contribution is -0.117. The maximum absolute atomic E-state index is 10.7. The zero-order valence-corrected chi connectivity index (χ0v) is 8.74. The predicted octanol–water partition coefficient (Wildman–Crippen LogP) is 1.99. The molecule has 0 bridgehead atoms. The highest BCUT2D eigenvalue weighted by Gasteiger charge is 2.17. The Morgan fingerprint density at radius 1 is 1.33 bits per heavy atom. The van der Waals surface area contributed by atoms with Crippen LogP contribution in [0.15, 0.2) is 0 Å². The minimum absolute atomic E-state index is 0.299. The van der Waals surface area contributed by atoms with Gasteiger partial charge in [-0.3, -0.25) is 0 Å². The van der Waals surface area contributed by atoms with Crippen LogP contribution in [-0.2, 0) is 4.79 Å². The van der Waals surface area contributed by atoms with Gasteiger partial charge in [-0.2, -0.15) is 0 Å². The van der Waals surface area contributed by atoms with Gasteiger partial charge in [0.15, 0.2) is 0 Å². The fraction of sp³-hybridized carbons (Fsp3) is 0.900. The minimum atomic E-state index is 0.299. The summed E-state index contributed by atoms with van der Waals surface area (Å²) in [5.74, 6) is 0.299. The largest absolute Gasteiger partial charge is 0.320 e. The SMILES string of the molecule is CNCCC(C)(C)CCC(C)=O. The highest BCUT2D eigenvalue weighted by molar-refractivity contribution is 5.75. The maximum atomic E-state index is 10.7. The van der Waals surface area contributed by atoms with Crippen molar-refractivity contribution in [3.05, 3.63) is 0 Å². The Balaban J connectivity index is 3.63. The monoisotopic (exact) mass is 171 g/mol. The van der Waals surface area contributed by atoms with Crippen LogP contribution in [-0.4, -0.2) is 19.4 Å². The summed E-state index contributed by atoms with van der Waals surface area (Å²) in [6.45, 7) is 7.12. The molecule has 72 valence electrons. The lowest BCUT2D eigenvalue weighted by atomic mass is 9.84. The molecule has 0 fully saturated rings. The fourth-order valence-corrected chi connectivity index (χ4v) is 1.10. The second-order valence-electron chi connectivity index (χ2n) is 4.22. The first-order valence-corrected chi connectivity index (χ1v) is 4.62. The van der Waals surface area contributed by atoms with Gasteiger partial charge in [0.05, 0.1) is 0 Å². The van der Waals surface area contributed by atoms with Crippen LogP contribution in [0.1, 0.15) is 40.0 Å². The van der Waals surface area contributed by atoms with Gasteiger partial charge in [0.2, 0.25) is 0 Å². The molecule has 0 amide bonds. The maximum Gasteiger partial charge on any atom is 0.129 e. The second-order valence-corrected chi connectivity index (χ2v) is 4.22. The van der Waals surface area contributed by atoms with Crippen LogP contribution in [0.4, 0.5) is 0 Å². The summed E-state index contributed by atoms with van der Waals surface area (Å²) in [5, 5.41) is 3.13. The molecule has 0 aliphatic heterocycles. The molecule has 0 aromatic heterocycles. The molecule has 0 aromatic carbocycles. The number of rotatable bonds is 6. The Morgan fingerprint density at radius 2 is 1.92 bits per heavy atom. The number of carbonyl (C=O) groups is 1. The zero-order valence-electron chi connectivity index (χ0n) is 8.74. The van der Waals surface area contributed by atoms with Crippen molar-refractivity contribution in [2.24, 2.45) is 5.41 Å². The molecule has 0 aliphatic carbocycles. The van der Waals surface area contributed by atoms with Crippen molar-refractivity contribution in [1.29, 1.82) is 0 Å². The van der Waals surface area contributed by atoms with Crippen molar-refractivity contribution >= 4 is 5.78 Å². The molecule has 2 nitrogen and oxygen atoms in total. The van der Waals surface area contributed by atoms with E-state index in [4.69, 9.17) is 0 Å². The standard InChI is InChI=1S/C10H21NO/c1-9(12)5-6-10(2,3)7-8-11-4/h11H,5-8H2,1-4H3. The number of hydrogen-bond donors (Lipinski definition) is 1. The molecule has 0 aliphatic rings. The Labute approximate surface area is 75.7 Å². The Kier molecular flexibility index (Phi) is 5.14. The van der Waals surface area contributed by atoms with Gasteiger partial charge in [-0.1, -0.05) is 13.8 Å². The van der Waals surface area contributed by atoms with Gasteiger partial charge in [0.25, 0.3) is 0 Å². The van der Waals surface area contributed by atoms with Gasteiger partial charge >= 0.3 is 0 Å². The average molecular weight is 171 g/mol. The van der Waals surface area contributed by atoms with E-state index < -0.39 is 0 Å². The second kappa shape index (κ2) is 5.31. The van der Waals surface area contributed by atoms with E-state index in [1.165, 1.54) is 0 Å². The van der Waals surface area contributed by atoms with Crippen molar-refractivity contribution in [1.82, 2.24) is 5.32 Å². The summed E-state index contributed by atoms with van der Waals surface area (Å²) >= 11 is 0. The topological polar surface area (TPSA) is 29.1 Å². The first kappa shape index (κ1) is 11.6. The van der Waals surface area contributed by atoms with Gasteiger partial charge < -0.3 is 10.1 Å². The van der Waals surface area contributed by atoms with Crippen molar-refractivity contribution in [2.45, 2.75) is 40.0 Å². The molecule has 0 aromatic rings. The summed E-state index contributed by atoms with van der Waals surface area (Å²) in [7, 11) is 1.96. The quantitative estimate of drug-likeness (QED) is 0.662. The predicted molar refractivity (Wildman–Crippen MR) is 52.2 cm³/mol. The zero-order chi connectivity index (χ0) is 9.61. The smallest absolute Gasteiger partial charge is 0.129 e. The van der Waals surface area contributed by atoms with E-state index in [9.17, 15) is 4.79 Å². The average Bonchev–Trinajstić information content (AvgIpc) is 1.98. The molecule has 0 unspecified atom stereocenters. The Morgan fingerprint density at radius 3 is 2.33 bits per heavy atom. The molecule has 0 spiro atoms. The highest BCUT2D eigenvalue weighted by atomic mass is 16.1. The van der Waals surface area contributed by atoms with Crippen LogP contribution >= 0.6 is 0 Å². The minimum Gasteiger partial charge on any atom is -0.320 e. The Hall–Kier alpha value is -0.370.